The first-order valence-electron chi connectivity index (χ1n) is 10.4. The van der Waals surface area contributed by atoms with Crippen molar-refractivity contribution in [1.29, 1.82) is 0 Å². The topological polar surface area (TPSA) is 54.0 Å². The predicted octanol–water partition coefficient (Wildman–Crippen LogP) is 4.01. The van der Waals surface area contributed by atoms with Gasteiger partial charge in [-0.1, -0.05) is 19.1 Å². The van der Waals surface area contributed by atoms with E-state index in [1.54, 1.807) is 16.0 Å². The van der Waals surface area contributed by atoms with Crippen molar-refractivity contribution in [2.75, 3.05) is 0 Å². The summed E-state index contributed by atoms with van der Waals surface area (Å²) in [5.41, 5.74) is 4.34. The smallest absolute Gasteiger partial charge is 0.364 e. The Hall–Kier alpha value is -2.12. The molecule has 3 aromatic rings. The van der Waals surface area contributed by atoms with Crippen molar-refractivity contribution in [3.63, 3.8) is 0 Å². The minimum atomic E-state index is 0.0123. The van der Waals surface area contributed by atoms with Crippen LogP contribution >= 0.6 is 11.3 Å². The fourth-order valence-electron chi connectivity index (χ4n) is 5.11. The van der Waals surface area contributed by atoms with Crippen LogP contribution in [-0.4, -0.2) is 25.2 Å². The Morgan fingerprint density at radius 3 is 2.72 bits per heavy atom. The highest BCUT2D eigenvalue weighted by Gasteiger charge is 2.44. The third-order valence-corrected chi connectivity index (χ3v) is 8.16. The maximum Gasteiger partial charge on any atom is 0.364 e. The van der Waals surface area contributed by atoms with E-state index in [9.17, 15) is 4.79 Å². The van der Waals surface area contributed by atoms with Gasteiger partial charge in [0.2, 0.25) is 0 Å². The summed E-state index contributed by atoms with van der Waals surface area (Å²) in [6.45, 7) is 9.14. The van der Waals surface area contributed by atoms with Crippen molar-refractivity contribution in [3.05, 3.63) is 55.4 Å². The quantitative estimate of drug-likeness (QED) is 0.607. The summed E-state index contributed by atoms with van der Waals surface area (Å²) < 4.78 is 10.1. The van der Waals surface area contributed by atoms with Gasteiger partial charge in [0.15, 0.2) is 0 Å². The molecule has 4 unspecified atom stereocenters. The highest BCUT2D eigenvalue weighted by atomic mass is 32.1. The van der Waals surface area contributed by atoms with E-state index in [1.807, 2.05) is 23.9 Å². The number of hydrogen-bond acceptors (Lipinski definition) is 4. The normalized spacial score (nSPS) is 26.4. The monoisotopic (exact) mass is 412 g/mol. The Bertz CT molecular complexity index is 1120. The molecule has 4 atom stereocenters. The fourth-order valence-corrected chi connectivity index (χ4v) is 6.21. The standard InChI is InChI=1S/C22H28N4O2S/c1-12-7-6-8-18-17(12)11-28-19-10-9-16(21-23-14(3)15(4)29-21)20(13(19)2)26-24(5)22(27)25(18)26/h6-8,13,16,19-20H,9-11H2,1-5H3. The van der Waals surface area contributed by atoms with Crippen molar-refractivity contribution < 1.29 is 4.74 Å². The van der Waals surface area contributed by atoms with Crippen LogP contribution in [-0.2, 0) is 18.4 Å². The molecular weight excluding hydrogens is 384 g/mol. The lowest BCUT2D eigenvalue weighted by molar-refractivity contribution is -0.0486. The average Bonchev–Trinajstić information content (AvgIpc) is 3.04. The zero-order chi connectivity index (χ0) is 20.4. The van der Waals surface area contributed by atoms with Crippen LogP contribution in [0.25, 0.3) is 5.69 Å². The number of aryl methyl sites for hydroxylation is 3. The summed E-state index contributed by atoms with van der Waals surface area (Å²) in [6.07, 6.45) is 2.22. The summed E-state index contributed by atoms with van der Waals surface area (Å²) in [7, 11) is 1.87. The zero-order valence-corrected chi connectivity index (χ0v) is 18.5. The number of thiazole rings is 1. The lowest BCUT2D eigenvalue weighted by Crippen LogP contribution is -2.54. The lowest BCUT2D eigenvalue weighted by atomic mass is 9.76. The van der Waals surface area contributed by atoms with Gasteiger partial charge >= 0.3 is 5.69 Å². The highest BCUT2D eigenvalue weighted by Crippen LogP contribution is 2.47. The van der Waals surface area contributed by atoms with Crippen LogP contribution in [0.1, 0.15) is 58.4 Å². The van der Waals surface area contributed by atoms with Gasteiger partial charge in [0.05, 0.1) is 35.1 Å². The molecule has 1 aliphatic carbocycles. The van der Waals surface area contributed by atoms with Gasteiger partial charge in [0.25, 0.3) is 0 Å². The SMILES string of the molecule is Cc1cccc2c1COC1CCC(c3nc(C)c(C)s3)C(C1C)n1n(C)c(=O)n1-2. The summed E-state index contributed by atoms with van der Waals surface area (Å²) >= 11 is 1.80. The van der Waals surface area contributed by atoms with Gasteiger partial charge < -0.3 is 4.74 Å². The van der Waals surface area contributed by atoms with Crippen LogP contribution in [0.4, 0.5) is 0 Å². The molecular formula is C22H28N4O2S. The summed E-state index contributed by atoms with van der Waals surface area (Å²) in [6, 6.07) is 6.29. The van der Waals surface area contributed by atoms with Crippen LogP contribution in [0, 0.1) is 26.7 Å². The molecule has 2 bridgehead atoms. The number of rotatable bonds is 1. The molecule has 0 spiro atoms. The predicted molar refractivity (Wildman–Crippen MR) is 114 cm³/mol. The molecule has 3 heterocycles. The number of fused-ring (bicyclic) bond motifs is 6. The molecule has 5 rings (SSSR count). The second-order valence-electron chi connectivity index (χ2n) is 8.59. The lowest BCUT2D eigenvalue weighted by Gasteiger charge is -2.43. The summed E-state index contributed by atoms with van der Waals surface area (Å²) in [5.74, 6) is 0.567. The summed E-state index contributed by atoms with van der Waals surface area (Å²) in [4.78, 5) is 21.3. The minimum absolute atomic E-state index is 0.0123. The van der Waals surface area contributed by atoms with Gasteiger partial charge in [0.1, 0.15) is 0 Å². The first kappa shape index (κ1) is 18.9. The number of benzene rings is 1. The zero-order valence-electron chi connectivity index (χ0n) is 17.7. The Kier molecular flexibility index (Phi) is 4.37. The van der Waals surface area contributed by atoms with E-state index < -0.39 is 0 Å². The molecule has 6 nitrogen and oxygen atoms in total. The van der Waals surface area contributed by atoms with Gasteiger partial charge in [-0.15, -0.1) is 11.3 Å². The Balaban J connectivity index is 1.73. The molecule has 1 aliphatic heterocycles. The number of ether oxygens (including phenoxy) is 1. The third-order valence-electron chi connectivity index (χ3n) is 6.95. The Labute approximate surface area is 174 Å². The van der Waals surface area contributed by atoms with Crippen molar-refractivity contribution in [3.8, 4) is 5.69 Å². The molecule has 7 heteroatoms. The van der Waals surface area contributed by atoms with E-state index in [0.29, 0.717) is 6.61 Å². The van der Waals surface area contributed by atoms with Crippen molar-refractivity contribution in [1.82, 2.24) is 19.1 Å². The maximum atomic E-state index is 13.0. The average molecular weight is 413 g/mol. The third kappa shape index (κ3) is 2.70. The van der Waals surface area contributed by atoms with E-state index in [-0.39, 0.29) is 29.7 Å². The highest BCUT2D eigenvalue weighted by molar-refractivity contribution is 7.11. The maximum absolute atomic E-state index is 13.0. The molecule has 0 radical (unpaired) electrons. The molecule has 2 aliphatic rings. The Morgan fingerprint density at radius 2 is 2.00 bits per heavy atom. The van der Waals surface area contributed by atoms with Crippen LogP contribution in [0.2, 0.25) is 0 Å². The van der Waals surface area contributed by atoms with Gasteiger partial charge in [-0.2, -0.15) is 4.68 Å². The number of hydrogen-bond donors (Lipinski definition) is 0. The molecule has 0 N–H and O–H groups in total. The first-order valence-corrected chi connectivity index (χ1v) is 11.2. The van der Waals surface area contributed by atoms with E-state index in [0.717, 1.165) is 35.3 Å². The largest absolute Gasteiger partial charge is 0.373 e. The first-order chi connectivity index (χ1) is 13.9. The molecule has 29 heavy (non-hydrogen) atoms. The minimum Gasteiger partial charge on any atom is -0.373 e. The molecule has 0 amide bonds. The fraction of sp³-hybridized carbons (Fsp3) is 0.545. The molecule has 1 saturated carbocycles. The summed E-state index contributed by atoms with van der Waals surface area (Å²) in [5, 5.41) is 1.19. The molecule has 154 valence electrons. The van der Waals surface area contributed by atoms with Crippen molar-refractivity contribution >= 4 is 11.3 Å². The number of aromatic nitrogens is 4. The van der Waals surface area contributed by atoms with Crippen molar-refractivity contribution in [2.45, 2.75) is 65.2 Å². The van der Waals surface area contributed by atoms with Gasteiger partial charge in [-0.25, -0.2) is 19.3 Å². The van der Waals surface area contributed by atoms with Gasteiger partial charge in [-0.3, -0.25) is 0 Å². The van der Waals surface area contributed by atoms with E-state index in [1.165, 1.54) is 9.88 Å². The van der Waals surface area contributed by atoms with E-state index in [4.69, 9.17) is 9.72 Å². The van der Waals surface area contributed by atoms with E-state index in [2.05, 4.69) is 38.6 Å². The second-order valence-corrected chi connectivity index (χ2v) is 9.82. The van der Waals surface area contributed by atoms with Crippen LogP contribution < -0.4 is 5.69 Å². The molecule has 2 aromatic heterocycles. The second kappa shape index (κ2) is 6.71. The van der Waals surface area contributed by atoms with Gasteiger partial charge in [-0.05, 0) is 45.2 Å². The molecule has 1 aromatic carbocycles. The van der Waals surface area contributed by atoms with Crippen LogP contribution in [0.3, 0.4) is 0 Å². The molecule has 1 fully saturated rings. The van der Waals surface area contributed by atoms with Gasteiger partial charge in [0, 0.05) is 29.3 Å². The van der Waals surface area contributed by atoms with E-state index >= 15 is 0 Å². The van der Waals surface area contributed by atoms with Crippen LogP contribution in [0.15, 0.2) is 23.0 Å². The number of nitrogens with zero attached hydrogens (tertiary/aromatic N) is 4. The molecule has 0 saturated heterocycles. The van der Waals surface area contributed by atoms with Crippen LogP contribution in [0.5, 0.6) is 0 Å². The Morgan fingerprint density at radius 1 is 1.21 bits per heavy atom. The van der Waals surface area contributed by atoms with Crippen molar-refractivity contribution in [2.24, 2.45) is 13.0 Å².